The zero-order chi connectivity index (χ0) is 11.3. The number of aliphatic hydroxyl groups is 2. The van der Waals surface area contributed by atoms with Crippen LogP contribution in [0, 0.1) is 0 Å². The molecule has 0 fully saturated rings. The van der Waals surface area contributed by atoms with Crippen LogP contribution in [0.5, 0.6) is 0 Å². The number of aryl methyl sites for hydroxylation is 1. The standard InChI is InChI=1S/C10H15NO3S/c1-2-8-3-4-9(15-8)10(14)11-7(5-12)6-13/h3-4,7,12-13H,2,5-6H2,1H3,(H,11,14). The van der Waals surface area contributed by atoms with Crippen LogP contribution in [0.15, 0.2) is 12.1 Å². The van der Waals surface area contributed by atoms with Gasteiger partial charge in [-0.05, 0) is 18.6 Å². The second-order valence-electron chi connectivity index (χ2n) is 3.16. The Morgan fingerprint density at radius 1 is 1.47 bits per heavy atom. The average molecular weight is 229 g/mol. The van der Waals surface area contributed by atoms with Gasteiger partial charge in [-0.15, -0.1) is 11.3 Å². The van der Waals surface area contributed by atoms with Crippen LogP contribution in [0.4, 0.5) is 0 Å². The Hall–Kier alpha value is -0.910. The summed E-state index contributed by atoms with van der Waals surface area (Å²) in [5, 5.41) is 20.1. The Labute approximate surface area is 92.6 Å². The molecular formula is C10H15NO3S. The third-order valence-corrected chi connectivity index (χ3v) is 3.24. The molecule has 0 saturated carbocycles. The molecule has 1 heterocycles. The molecule has 15 heavy (non-hydrogen) atoms. The molecule has 0 unspecified atom stereocenters. The van der Waals surface area contributed by atoms with Crippen molar-refractivity contribution in [2.45, 2.75) is 19.4 Å². The molecule has 0 saturated heterocycles. The molecule has 1 aromatic heterocycles. The fourth-order valence-electron chi connectivity index (χ4n) is 1.10. The predicted molar refractivity (Wildman–Crippen MR) is 59.1 cm³/mol. The lowest BCUT2D eigenvalue weighted by atomic mass is 10.3. The molecule has 0 aliphatic rings. The lowest BCUT2D eigenvalue weighted by molar-refractivity contribution is 0.0883. The van der Waals surface area contributed by atoms with Gasteiger partial charge < -0.3 is 15.5 Å². The number of aliphatic hydroxyl groups excluding tert-OH is 2. The first-order valence-corrected chi connectivity index (χ1v) is 5.64. The molecule has 1 rings (SSSR count). The van der Waals surface area contributed by atoms with Gasteiger partial charge in [0, 0.05) is 4.88 Å². The number of hydrogen-bond acceptors (Lipinski definition) is 4. The van der Waals surface area contributed by atoms with Crippen molar-refractivity contribution >= 4 is 17.2 Å². The van der Waals surface area contributed by atoms with Crippen molar-refractivity contribution in [2.24, 2.45) is 0 Å². The maximum Gasteiger partial charge on any atom is 0.261 e. The van der Waals surface area contributed by atoms with Gasteiger partial charge in [0.05, 0.1) is 24.1 Å². The summed E-state index contributed by atoms with van der Waals surface area (Å²) < 4.78 is 0. The second-order valence-corrected chi connectivity index (χ2v) is 4.32. The highest BCUT2D eigenvalue weighted by atomic mass is 32.1. The second kappa shape index (κ2) is 5.85. The van der Waals surface area contributed by atoms with Gasteiger partial charge in [0.25, 0.3) is 5.91 Å². The molecule has 0 aliphatic carbocycles. The van der Waals surface area contributed by atoms with E-state index in [2.05, 4.69) is 5.32 Å². The molecular weight excluding hydrogens is 214 g/mol. The monoisotopic (exact) mass is 229 g/mol. The fraction of sp³-hybridized carbons (Fsp3) is 0.500. The van der Waals surface area contributed by atoms with Crippen LogP contribution in [-0.2, 0) is 6.42 Å². The van der Waals surface area contributed by atoms with E-state index in [4.69, 9.17) is 10.2 Å². The summed E-state index contributed by atoms with van der Waals surface area (Å²) in [6.07, 6.45) is 0.904. The Morgan fingerprint density at radius 2 is 2.13 bits per heavy atom. The molecule has 5 heteroatoms. The molecule has 1 amide bonds. The van der Waals surface area contributed by atoms with E-state index < -0.39 is 6.04 Å². The van der Waals surface area contributed by atoms with Gasteiger partial charge in [0.2, 0.25) is 0 Å². The third-order valence-electron chi connectivity index (χ3n) is 2.01. The Bertz CT molecular complexity index is 320. The highest BCUT2D eigenvalue weighted by Gasteiger charge is 2.13. The first-order valence-electron chi connectivity index (χ1n) is 4.82. The first-order chi connectivity index (χ1) is 7.21. The molecule has 0 atom stereocenters. The lowest BCUT2D eigenvalue weighted by Crippen LogP contribution is -2.39. The normalized spacial score (nSPS) is 10.7. The van der Waals surface area contributed by atoms with Crippen LogP contribution in [0.25, 0.3) is 0 Å². The smallest absolute Gasteiger partial charge is 0.261 e. The van der Waals surface area contributed by atoms with E-state index >= 15 is 0 Å². The fourth-order valence-corrected chi connectivity index (χ4v) is 1.95. The quantitative estimate of drug-likeness (QED) is 0.684. The highest BCUT2D eigenvalue weighted by molar-refractivity contribution is 7.14. The maximum absolute atomic E-state index is 11.6. The summed E-state index contributed by atoms with van der Waals surface area (Å²) in [4.78, 5) is 13.3. The minimum atomic E-state index is -0.579. The van der Waals surface area contributed by atoms with Gasteiger partial charge in [-0.1, -0.05) is 6.92 Å². The lowest BCUT2D eigenvalue weighted by Gasteiger charge is -2.11. The summed E-state index contributed by atoms with van der Waals surface area (Å²) in [5.41, 5.74) is 0. The van der Waals surface area contributed by atoms with Crippen LogP contribution >= 0.6 is 11.3 Å². The predicted octanol–water partition coefficient (Wildman–Crippen LogP) is 0.394. The van der Waals surface area contributed by atoms with Crippen molar-refractivity contribution in [2.75, 3.05) is 13.2 Å². The Kier molecular flexibility index (Phi) is 4.74. The largest absolute Gasteiger partial charge is 0.394 e. The molecule has 0 bridgehead atoms. The number of nitrogens with one attached hydrogen (secondary N) is 1. The van der Waals surface area contributed by atoms with Gasteiger partial charge in [0.15, 0.2) is 0 Å². The Balaban J connectivity index is 2.60. The minimum absolute atomic E-state index is 0.243. The first kappa shape index (κ1) is 12.2. The number of carbonyl (C=O) groups is 1. The zero-order valence-corrected chi connectivity index (χ0v) is 9.38. The number of thiophene rings is 1. The van der Waals surface area contributed by atoms with Crippen molar-refractivity contribution in [1.82, 2.24) is 5.32 Å². The van der Waals surface area contributed by atoms with E-state index in [1.807, 2.05) is 13.0 Å². The SMILES string of the molecule is CCc1ccc(C(=O)NC(CO)CO)s1. The van der Waals surface area contributed by atoms with Crippen LogP contribution in [0.1, 0.15) is 21.5 Å². The van der Waals surface area contributed by atoms with E-state index in [9.17, 15) is 4.79 Å². The molecule has 0 aliphatic heterocycles. The summed E-state index contributed by atoms with van der Waals surface area (Å²) in [5.74, 6) is -0.243. The molecule has 3 N–H and O–H groups in total. The van der Waals surface area contributed by atoms with Crippen LogP contribution in [-0.4, -0.2) is 35.4 Å². The number of carbonyl (C=O) groups excluding carboxylic acids is 1. The Morgan fingerprint density at radius 3 is 2.60 bits per heavy atom. The van der Waals surface area contributed by atoms with Crippen molar-refractivity contribution in [3.63, 3.8) is 0 Å². The van der Waals surface area contributed by atoms with Crippen molar-refractivity contribution in [3.8, 4) is 0 Å². The van der Waals surface area contributed by atoms with E-state index in [0.29, 0.717) is 4.88 Å². The van der Waals surface area contributed by atoms with Crippen LogP contribution in [0.2, 0.25) is 0 Å². The van der Waals surface area contributed by atoms with Crippen molar-refractivity contribution < 1.29 is 15.0 Å². The molecule has 0 spiro atoms. The van der Waals surface area contributed by atoms with Gasteiger partial charge in [-0.25, -0.2) is 0 Å². The summed E-state index contributed by atoms with van der Waals surface area (Å²) >= 11 is 1.43. The summed E-state index contributed by atoms with van der Waals surface area (Å²) in [7, 11) is 0. The molecule has 84 valence electrons. The van der Waals surface area contributed by atoms with Crippen LogP contribution < -0.4 is 5.32 Å². The van der Waals surface area contributed by atoms with Gasteiger partial charge in [-0.2, -0.15) is 0 Å². The molecule has 0 radical (unpaired) electrons. The van der Waals surface area contributed by atoms with Crippen LogP contribution in [0.3, 0.4) is 0 Å². The number of amides is 1. The number of rotatable bonds is 5. The summed E-state index contributed by atoms with van der Waals surface area (Å²) in [6, 6.07) is 3.08. The minimum Gasteiger partial charge on any atom is -0.394 e. The number of hydrogen-bond donors (Lipinski definition) is 3. The maximum atomic E-state index is 11.6. The molecule has 1 aromatic rings. The molecule has 0 aromatic carbocycles. The van der Waals surface area contributed by atoms with Gasteiger partial charge >= 0.3 is 0 Å². The topological polar surface area (TPSA) is 69.6 Å². The van der Waals surface area contributed by atoms with Gasteiger partial charge in [-0.3, -0.25) is 4.79 Å². The highest BCUT2D eigenvalue weighted by Crippen LogP contribution is 2.16. The van der Waals surface area contributed by atoms with Crippen molar-refractivity contribution in [3.05, 3.63) is 21.9 Å². The zero-order valence-electron chi connectivity index (χ0n) is 8.56. The third kappa shape index (κ3) is 3.30. The van der Waals surface area contributed by atoms with E-state index in [0.717, 1.165) is 11.3 Å². The van der Waals surface area contributed by atoms with E-state index in [1.165, 1.54) is 11.3 Å². The average Bonchev–Trinajstić information content (AvgIpc) is 2.74. The van der Waals surface area contributed by atoms with E-state index in [1.54, 1.807) is 6.07 Å². The van der Waals surface area contributed by atoms with E-state index in [-0.39, 0.29) is 19.1 Å². The van der Waals surface area contributed by atoms with Crippen molar-refractivity contribution in [1.29, 1.82) is 0 Å². The molecule has 4 nitrogen and oxygen atoms in total. The summed E-state index contributed by atoms with van der Waals surface area (Å²) in [6.45, 7) is 1.51. The van der Waals surface area contributed by atoms with Gasteiger partial charge in [0.1, 0.15) is 0 Å².